The lowest BCUT2D eigenvalue weighted by Crippen LogP contribution is -2.28. The van der Waals surface area contributed by atoms with Crippen LogP contribution in [0.3, 0.4) is 0 Å². The zero-order valence-corrected chi connectivity index (χ0v) is 15.2. The highest BCUT2D eigenvalue weighted by Crippen LogP contribution is 2.25. The number of nitrogens with one attached hydrogen (secondary N) is 1. The van der Waals surface area contributed by atoms with E-state index in [1.807, 2.05) is 23.6 Å². The van der Waals surface area contributed by atoms with Crippen molar-refractivity contribution >= 4 is 45.0 Å². The van der Waals surface area contributed by atoms with Crippen LogP contribution in [0.1, 0.15) is 23.0 Å². The van der Waals surface area contributed by atoms with Gasteiger partial charge in [-0.1, -0.05) is 23.7 Å². The van der Waals surface area contributed by atoms with Gasteiger partial charge in [-0.2, -0.15) is 0 Å². The van der Waals surface area contributed by atoms with Crippen LogP contribution in [0.4, 0.5) is 0 Å². The predicted molar refractivity (Wildman–Crippen MR) is 99.1 cm³/mol. The Kier molecular flexibility index (Phi) is 5.40. The Morgan fingerprint density at radius 2 is 2.00 bits per heavy atom. The first-order chi connectivity index (χ1) is 12.1. The predicted octanol–water partition coefficient (Wildman–Crippen LogP) is 3.85. The smallest absolute Gasteiger partial charge is 0.355 e. The first-order valence-electron chi connectivity index (χ1n) is 7.83. The number of esters is 1. The van der Waals surface area contributed by atoms with E-state index in [9.17, 15) is 9.59 Å². The number of fused-ring (bicyclic) bond motifs is 1. The molecule has 0 saturated carbocycles. The third-order valence-electron chi connectivity index (χ3n) is 3.69. The number of aromatic nitrogens is 1. The third kappa shape index (κ3) is 4.03. The molecule has 0 aliphatic carbocycles. The van der Waals surface area contributed by atoms with Crippen molar-refractivity contribution < 1.29 is 14.3 Å². The first kappa shape index (κ1) is 17.5. The summed E-state index contributed by atoms with van der Waals surface area (Å²) in [6.45, 7) is 2.51. The molecule has 0 fully saturated rings. The van der Waals surface area contributed by atoms with Gasteiger partial charge in [0.15, 0.2) is 0 Å². The Morgan fingerprint density at radius 1 is 1.24 bits per heavy atom. The Hall–Kier alpha value is -2.31. The van der Waals surface area contributed by atoms with Gasteiger partial charge >= 0.3 is 5.97 Å². The molecule has 2 heterocycles. The number of nitrogens with zero attached hydrogens (tertiary/aromatic N) is 1. The maximum absolute atomic E-state index is 12.3. The molecular formula is C18H17ClN2O3S. The van der Waals surface area contributed by atoms with E-state index in [-0.39, 0.29) is 12.5 Å². The van der Waals surface area contributed by atoms with Gasteiger partial charge in [-0.25, -0.2) is 4.79 Å². The van der Waals surface area contributed by atoms with E-state index in [0.29, 0.717) is 23.9 Å². The molecule has 2 aromatic heterocycles. The molecule has 0 spiro atoms. The van der Waals surface area contributed by atoms with Crippen molar-refractivity contribution in [2.75, 3.05) is 6.61 Å². The van der Waals surface area contributed by atoms with Crippen molar-refractivity contribution in [2.24, 2.45) is 0 Å². The molecule has 0 radical (unpaired) electrons. The van der Waals surface area contributed by atoms with Crippen LogP contribution < -0.4 is 5.32 Å². The molecule has 0 bridgehead atoms. The Labute approximate surface area is 154 Å². The van der Waals surface area contributed by atoms with Gasteiger partial charge in [-0.3, -0.25) is 4.79 Å². The summed E-state index contributed by atoms with van der Waals surface area (Å²) in [4.78, 5) is 25.4. The fourth-order valence-electron chi connectivity index (χ4n) is 2.51. The number of rotatable bonds is 6. The molecule has 0 unspecified atom stereocenters. The lowest BCUT2D eigenvalue weighted by atomic mass is 10.2. The number of carbonyl (C=O) groups is 2. The molecule has 1 N–H and O–H groups in total. The van der Waals surface area contributed by atoms with Crippen molar-refractivity contribution in [2.45, 2.75) is 20.0 Å². The van der Waals surface area contributed by atoms with Crippen molar-refractivity contribution in [1.29, 1.82) is 0 Å². The second kappa shape index (κ2) is 7.72. The molecule has 0 atom stereocenters. The first-order valence-corrected chi connectivity index (χ1v) is 9.09. The topological polar surface area (TPSA) is 60.3 Å². The standard InChI is InChI=1S/C18H17ClN2O3S/c1-2-24-18(23)15-9-13-7-8-25-17(13)21(15)11-16(22)20-10-12-3-5-14(19)6-4-12/h3-9H,2,10-11H2,1H3,(H,20,22). The van der Waals surface area contributed by atoms with Crippen LogP contribution in [0.25, 0.3) is 10.2 Å². The normalized spacial score (nSPS) is 10.8. The third-order valence-corrected chi connectivity index (χ3v) is 4.90. The highest BCUT2D eigenvalue weighted by atomic mass is 35.5. The van der Waals surface area contributed by atoms with Crippen LogP contribution in [-0.4, -0.2) is 23.1 Å². The molecule has 3 rings (SSSR count). The lowest BCUT2D eigenvalue weighted by molar-refractivity contribution is -0.121. The van der Waals surface area contributed by atoms with Crippen molar-refractivity contribution in [3.63, 3.8) is 0 Å². The number of halogens is 1. The fourth-order valence-corrected chi connectivity index (χ4v) is 3.53. The van der Waals surface area contributed by atoms with Crippen molar-refractivity contribution in [3.8, 4) is 0 Å². The average Bonchev–Trinajstić information content (AvgIpc) is 3.17. The molecule has 1 amide bonds. The molecule has 7 heteroatoms. The average molecular weight is 377 g/mol. The van der Waals surface area contributed by atoms with Crippen LogP contribution in [0, 0.1) is 0 Å². The summed E-state index contributed by atoms with van der Waals surface area (Å²) in [5, 5.41) is 6.38. The van der Waals surface area contributed by atoms with E-state index in [1.165, 1.54) is 11.3 Å². The van der Waals surface area contributed by atoms with E-state index >= 15 is 0 Å². The molecule has 130 valence electrons. The van der Waals surface area contributed by atoms with E-state index < -0.39 is 5.97 Å². The molecule has 5 nitrogen and oxygen atoms in total. The van der Waals surface area contributed by atoms with Crippen LogP contribution in [0.5, 0.6) is 0 Å². The molecule has 0 aliphatic heterocycles. The Morgan fingerprint density at radius 3 is 2.72 bits per heavy atom. The van der Waals surface area contributed by atoms with Crippen LogP contribution in [0.2, 0.25) is 5.02 Å². The number of amides is 1. The van der Waals surface area contributed by atoms with Crippen molar-refractivity contribution in [3.05, 3.63) is 58.1 Å². The van der Waals surface area contributed by atoms with Crippen LogP contribution >= 0.6 is 22.9 Å². The number of hydrogen-bond acceptors (Lipinski definition) is 4. The van der Waals surface area contributed by atoms with Gasteiger partial charge in [0.1, 0.15) is 17.1 Å². The molecule has 0 saturated heterocycles. The van der Waals surface area contributed by atoms with Gasteiger partial charge < -0.3 is 14.6 Å². The molecule has 3 aromatic rings. The summed E-state index contributed by atoms with van der Waals surface area (Å²) >= 11 is 7.34. The van der Waals surface area contributed by atoms with Crippen LogP contribution in [0.15, 0.2) is 41.8 Å². The lowest BCUT2D eigenvalue weighted by Gasteiger charge is -2.10. The summed E-state index contributed by atoms with van der Waals surface area (Å²) in [6.07, 6.45) is 0. The van der Waals surface area contributed by atoms with E-state index in [2.05, 4.69) is 5.32 Å². The number of ether oxygens (including phenoxy) is 1. The quantitative estimate of drug-likeness (QED) is 0.665. The van der Waals surface area contributed by atoms with E-state index in [4.69, 9.17) is 16.3 Å². The van der Waals surface area contributed by atoms with E-state index in [0.717, 1.165) is 15.8 Å². The number of benzene rings is 1. The van der Waals surface area contributed by atoms with Gasteiger partial charge in [0.2, 0.25) is 5.91 Å². The van der Waals surface area contributed by atoms with Gasteiger partial charge in [0.05, 0.1) is 6.61 Å². The van der Waals surface area contributed by atoms with Crippen LogP contribution in [-0.2, 0) is 22.6 Å². The minimum Gasteiger partial charge on any atom is -0.461 e. The van der Waals surface area contributed by atoms with Gasteiger partial charge in [-0.05, 0) is 42.1 Å². The largest absolute Gasteiger partial charge is 0.461 e. The number of carbonyl (C=O) groups excluding carboxylic acids is 2. The summed E-state index contributed by atoms with van der Waals surface area (Å²) < 4.78 is 6.79. The summed E-state index contributed by atoms with van der Waals surface area (Å²) in [5.74, 6) is -0.595. The van der Waals surface area contributed by atoms with Crippen molar-refractivity contribution in [1.82, 2.24) is 9.88 Å². The molecule has 1 aromatic carbocycles. The number of hydrogen-bond donors (Lipinski definition) is 1. The maximum Gasteiger partial charge on any atom is 0.355 e. The second-order valence-electron chi connectivity index (χ2n) is 5.42. The summed E-state index contributed by atoms with van der Waals surface area (Å²) in [5.41, 5.74) is 1.35. The van der Waals surface area contributed by atoms with Gasteiger partial charge in [-0.15, -0.1) is 11.3 Å². The Bertz CT molecular complexity index is 899. The zero-order valence-electron chi connectivity index (χ0n) is 13.6. The SMILES string of the molecule is CCOC(=O)c1cc2ccsc2n1CC(=O)NCc1ccc(Cl)cc1. The summed E-state index contributed by atoms with van der Waals surface area (Å²) in [7, 11) is 0. The van der Waals surface area contributed by atoms with Gasteiger partial charge in [0.25, 0.3) is 0 Å². The minimum absolute atomic E-state index is 0.0613. The van der Waals surface area contributed by atoms with E-state index in [1.54, 1.807) is 29.7 Å². The Balaban J connectivity index is 1.73. The fraction of sp³-hybridized carbons (Fsp3) is 0.222. The second-order valence-corrected chi connectivity index (χ2v) is 6.75. The molecule has 25 heavy (non-hydrogen) atoms. The highest BCUT2D eigenvalue weighted by molar-refractivity contribution is 7.16. The number of thiophene rings is 1. The van der Waals surface area contributed by atoms with Gasteiger partial charge in [0, 0.05) is 17.0 Å². The highest BCUT2D eigenvalue weighted by Gasteiger charge is 2.19. The molecular weight excluding hydrogens is 360 g/mol. The zero-order chi connectivity index (χ0) is 17.8. The minimum atomic E-state index is -0.420. The molecule has 0 aliphatic rings. The monoisotopic (exact) mass is 376 g/mol. The maximum atomic E-state index is 12.3. The summed E-state index contributed by atoms with van der Waals surface area (Å²) in [6, 6.07) is 11.0.